The van der Waals surface area contributed by atoms with Crippen molar-refractivity contribution in [1.29, 1.82) is 5.26 Å². The van der Waals surface area contributed by atoms with Crippen molar-refractivity contribution >= 4 is 12.1 Å². The van der Waals surface area contributed by atoms with Gasteiger partial charge in [0.15, 0.2) is 6.10 Å². The molecule has 178 valence electrons. The number of hydroxylamine groups is 2. The number of benzene rings is 3. The second-order valence-corrected chi connectivity index (χ2v) is 8.07. The number of carbonyl (C=O) groups is 2. The average Bonchev–Trinajstić information content (AvgIpc) is 2.88. The second kappa shape index (κ2) is 10.7. The van der Waals surface area contributed by atoms with Gasteiger partial charge in [-0.2, -0.15) is 5.26 Å². The van der Waals surface area contributed by atoms with E-state index in [4.69, 9.17) is 14.3 Å². The molecule has 3 aromatic rings. The smallest absolute Gasteiger partial charge is 0.479 e. The molecule has 0 amide bonds. The largest absolute Gasteiger partial charge is 0.528 e. The lowest BCUT2D eigenvalue weighted by atomic mass is 9.88. The molecular formula is C27H24N2O6. The topological polar surface area (TPSA) is 109 Å². The van der Waals surface area contributed by atoms with E-state index in [9.17, 15) is 20.0 Å². The normalized spacial score (nSPS) is 15.8. The van der Waals surface area contributed by atoms with Gasteiger partial charge in [0.1, 0.15) is 12.4 Å². The fourth-order valence-corrected chi connectivity index (χ4v) is 3.98. The van der Waals surface area contributed by atoms with Crippen LogP contribution >= 0.6 is 0 Å². The number of hydrogen-bond donors (Lipinski definition) is 1. The zero-order chi connectivity index (χ0) is 24.8. The Morgan fingerprint density at radius 2 is 1.83 bits per heavy atom. The molecule has 0 radical (unpaired) electrons. The molecule has 0 aromatic heterocycles. The van der Waals surface area contributed by atoms with Crippen LogP contribution in [-0.4, -0.2) is 34.9 Å². The molecule has 1 N–H and O–H groups in total. The van der Waals surface area contributed by atoms with Crippen molar-refractivity contribution in [2.45, 2.75) is 32.1 Å². The number of nitriles is 1. The Morgan fingerprint density at radius 3 is 2.57 bits per heavy atom. The van der Waals surface area contributed by atoms with Crippen molar-refractivity contribution in [2.75, 3.05) is 6.54 Å². The first-order chi connectivity index (χ1) is 17.0. The number of aliphatic carboxylic acids is 1. The first-order valence-electron chi connectivity index (χ1n) is 11.1. The van der Waals surface area contributed by atoms with E-state index in [1.54, 1.807) is 18.2 Å². The molecule has 1 heterocycles. The molecule has 0 saturated carbocycles. The predicted octanol–water partition coefficient (Wildman–Crippen LogP) is 4.63. The molecule has 0 aliphatic carbocycles. The van der Waals surface area contributed by atoms with Crippen LogP contribution in [0.3, 0.4) is 0 Å². The van der Waals surface area contributed by atoms with Crippen LogP contribution in [-0.2, 0) is 27.4 Å². The van der Waals surface area contributed by atoms with Crippen LogP contribution < -0.4 is 4.74 Å². The third-order valence-corrected chi connectivity index (χ3v) is 5.72. The lowest BCUT2D eigenvalue weighted by Gasteiger charge is -2.36. The molecule has 8 nitrogen and oxygen atoms in total. The Kier molecular flexibility index (Phi) is 7.29. The van der Waals surface area contributed by atoms with Crippen LogP contribution in [0.4, 0.5) is 4.79 Å². The van der Waals surface area contributed by atoms with Crippen LogP contribution in [0.2, 0.25) is 0 Å². The second-order valence-electron chi connectivity index (χ2n) is 8.07. The summed E-state index contributed by atoms with van der Waals surface area (Å²) in [6, 6.07) is 23.2. The number of fused-ring (bicyclic) bond motifs is 1. The number of rotatable bonds is 7. The molecule has 0 spiro atoms. The van der Waals surface area contributed by atoms with Crippen LogP contribution in [0, 0.1) is 11.3 Å². The van der Waals surface area contributed by atoms with Crippen molar-refractivity contribution in [3.63, 3.8) is 0 Å². The van der Waals surface area contributed by atoms with E-state index in [0.29, 0.717) is 24.1 Å². The Balaban J connectivity index is 1.67. The summed E-state index contributed by atoms with van der Waals surface area (Å²) in [4.78, 5) is 29.7. The van der Waals surface area contributed by atoms with Gasteiger partial charge in [0, 0.05) is 12.1 Å². The Bertz CT molecular complexity index is 1250. The maximum atomic E-state index is 12.6. The molecule has 4 rings (SSSR count). The monoisotopic (exact) mass is 472 g/mol. The van der Waals surface area contributed by atoms with Gasteiger partial charge in [0.25, 0.3) is 0 Å². The van der Waals surface area contributed by atoms with Crippen molar-refractivity contribution in [3.05, 3.63) is 101 Å². The number of ether oxygens (including phenoxy) is 2. The summed E-state index contributed by atoms with van der Waals surface area (Å²) in [5.41, 5.74) is 3.61. The lowest BCUT2D eigenvalue weighted by Crippen LogP contribution is -2.38. The van der Waals surface area contributed by atoms with Gasteiger partial charge >= 0.3 is 12.1 Å². The van der Waals surface area contributed by atoms with E-state index in [1.807, 2.05) is 54.6 Å². The van der Waals surface area contributed by atoms with Crippen LogP contribution in [0.1, 0.15) is 40.8 Å². The molecular weight excluding hydrogens is 448 g/mol. The van der Waals surface area contributed by atoms with Crippen molar-refractivity contribution in [3.8, 4) is 11.8 Å². The zero-order valence-corrected chi connectivity index (χ0v) is 19.1. The highest BCUT2D eigenvalue weighted by Gasteiger charge is 2.34. The number of hydrogen-bond acceptors (Lipinski definition) is 7. The van der Waals surface area contributed by atoms with E-state index >= 15 is 0 Å². The summed E-state index contributed by atoms with van der Waals surface area (Å²) in [6.45, 7) is 1.85. The summed E-state index contributed by atoms with van der Waals surface area (Å²) in [5, 5.41) is 20.3. The fraction of sp³-hybridized carbons (Fsp3) is 0.222. The maximum Gasteiger partial charge on any atom is 0.528 e. The Morgan fingerprint density at radius 1 is 1.09 bits per heavy atom. The Hall–Kier alpha value is -4.35. The predicted molar refractivity (Wildman–Crippen MR) is 125 cm³/mol. The first kappa shape index (κ1) is 23.8. The number of carbonyl (C=O) groups excluding carboxylic acids is 1. The number of carboxylic acid groups (broad SMARTS) is 1. The molecule has 1 unspecified atom stereocenters. The van der Waals surface area contributed by atoms with Crippen LogP contribution in [0.5, 0.6) is 5.75 Å². The molecule has 0 bridgehead atoms. The van der Waals surface area contributed by atoms with Gasteiger partial charge in [-0.3, -0.25) is 0 Å². The Labute approximate surface area is 202 Å². The summed E-state index contributed by atoms with van der Waals surface area (Å²) in [7, 11) is 0. The summed E-state index contributed by atoms with van der Waals surface area (Å²) in [6.07, 6.45) is -1.36. The first-order valence-corrected chi connectivity index (χ1v) is 11.1. The molecule has 1 aliphatic rings. The summed E-state index contributed by atoms with van der Waals surface area (Å²) < 4.78 is 11.0. The third kappa shape index (κ3) is 5.60. The highest BCUT2D eigenvalue weighted by Crippen LogP contribution is 2.40. The van der Waals surface area contributed by atoms with E-state index in [2.05, 4.69) is 6.07 Å². The third-order valence-electron chi connectivity index (χ3n) is 5.72. The maximum absolute atomic E-state index is 12.6. The molecule has 1 aliphatic heterocycles. The molecule has 35 heavy (non-hydrogen) atoms. The van der Waals surface area contributed by atoms with Crippen molar-refractivity contribution in [2.24, 2.45) is 0 Å². The molecule has 0 saturated heterocycles. The van der Waals surface area contributed by atoms with Gasteiger partial charge in [-0.05, 0) is 48.2 Å². The van der Waals surface area contributed by atoms with Gasteiger partial charge in [-0.15, -0.1) is 5.06 Å². The minimum Gasteiger partial charge on any atom is -0.479 e. The standard InChI is InChI=1S/C27H24N2O6/c1-18(26(30)31)34-24-12-11-20(16-28)15-23(24)25-22-10-6-5-9-21(22)13-14-29(25)35-27(32)33-17-19-7-3-2-4-8-19/h2-12,15,18,25H,13-14,17H2,1H3,(H,30,31)/t18-,25?/m1/s1. The molecule has 8 heteroatoms. The van der Waals surface area contributed by atoms with Gasteiger partial charge in [-0.1, -0.05) is 54.6 Å². The zero-order valence-electron chi connectivity index (χ0n) is 19.1. The SMILES string of the molecule is C[C@@H](Oc1ccc(C#N)cc1C1c2ccccc2CCN1OC(=O)OCc1ccccc1)C(=O)O. The van der Waals surface area contributed by atoms with Crippen molar-refractivity contribution < 1.29 is 29.0 Å². The van der Waals surface area contributed by atoms with Gasteiger partial charge in [0.2, 0.25) is 0 Å². The van der Waals surface area contributed by atoms with E-state index in [0.717, 1.165) is 16.7 Å². The lowest BCUT2D eigenvalue weighted by molar-refractivity contribution is -0.152. The van der Waals surface area contributed by atoms with Crippen molar-refractivity contribution in [1.82, 2.24) is 5.06 Å². The molecule has 3 aromatic carbocycles. The van der Waals surface area contributed by atoms with Gasteiger partial charge < -0.3 is 19.4 Å². The highest BCUT2D eigenvalue weighted by atomic mass is 16.8. The van der Waals surface area contributed by atoms with Gasteiger partial charge in [0.05, 0.1) is 17.7 Å². The molecule has 0 fully saturated rings. The summed E-state index contributed by atoms with van der Waals surface area (Å²) >= 11 is 0. The van der Waals surface area contributed by atoms with E-state index < -0.39 is 24.3 Å². The highest BCUT2D eigenvalue weighted by molar-refractivity contribution is 5.72. The van der Waals surface area contributed by atoms with E-state index in [1.165, 1.54) is 12.0 Å². The molecule has 2 atom stereocenters. The van der Waals surface area contributed by atoms with Gasteiger partial charge in [-0.25, -0.2) is 9.59 Å². The quantitative estimate of drug-likeness (QED) is 0.496. The minimum atomic E-state index is -1.12. The van der Waals surface area contributed by atoms with Crippen LogP contribution in [0.15, 0.2) is 72.8 Å². The van der Waals surface area contributed by atoms with Crippen LogP contribution in [0.25, 0.3) is 0 Å². The summed E-state index contributed by atoms with van der Waals surface area (Å²) in [5.74, 6) is -0.839. The number of carboxylic acids is 1. The fourth-order valence-electron chi connectivity index (χ4n) is 3.98. The average molecular weight is 472 g/mol. The number of nitrogens with zero attached hydrogens (tertiary/aromatic N) is 2. The minimum absolute atomic E-state index is 0.0587. The van der Waals surface area contributed by atoms with E-state index in [-0.39, 0.29) is 12.4 Å².